The molecule has 4 heteroatoms. The average molecular weight is 199 g/mol. The third-order valence-corrected chi connectivity index (χ3v) is 2.34. The molecule has 2 N–H and O–H groups in total. The molecule has 72 valence electrons. The zero-order valence-corrected chi connectivity index (χ0v) is 8.14. The van der Waals surface area contributed by atoms with Gasteiger partial charge in [-0.3, -0.25) is 4.79 Å². The predicted molar refractivity (Wildman–Crippen MR) is 53.0 cm³/mol. The normalized spacial score (nSPS) is 9.92. The van der Waals surface area contributed by atoms with Crippen molar-refractivity contribution in [3.63, 3.8) is 0 Å². The van der Waals surface area contributed by atoms with E-state index in [1.165, 1.54) is 11.3 Å². The number of carbonyl (C=O) groups excluding carboxylic acids is 1. The molecule has 0 saturated heterocycles. The van der Waals surface area contributed by atoms with Crippen LogP contribution in [0.5, 0.6) is 0 Å². The maximum atomic E-state index is 11.3. The van der Waals surface area contributed by atoms with Crippen molar-refractivity contribution in [3.05, 3.63) is 22.4 Å². The second kappa shape index (κ2) is 5.72. The molecule has 0 radical (unpaired) electrons. The van der Waals surface area contributed by atoms with Crippen LogP contribution in [0.3, 0.4) is 0 Å². The van der Waals surface area contributed by atoms with Crippen molar-refractivity contribution in [1.82, 2.24) is 5.32 Å². The largest absolute Gasteiger partial charge is 0.396 e. The standard InChI is InChI=1S/C9H13NO2S/c11-5-2-1-4-10-9(12)8-3-6-13-7-8/h3,6-7,11H,1-2,4-5H2,(H,10,12). The molecule has 1 aromatic heterocycles. The van der Waals surface area contributed by atoms with E-state index in [-0.39, 0.29) is 12.5 Å². The molecular weight excluding hydrogens is 186 g/mol. The van der Waals surface area contributed by atoms with Gasteiger partial charge in [0.2, 0.25) is 0 Å². The summed E-state index contributed by atoms with van der Waals surface area (Å²) in [6.45, 7) is 0.823. The molecule has 13 heavy (non-hydrogen) atoms. The maximum absolute atomic E-state index is 11.3. The van der Waals surface area contributed by atoms with Crippen molar-refractivity contribution in [2.75, 3.05) is 13.2 Å². The lowest BCUT2D eigenvalue weighted by Gasteiger charge is -2.01. The Morgan fingerprint density at radius 2 is 2.38 bits per heavy atom. The van der Waals surface area contributed by atoms with Gasteiger partial charge in [0.1, 0.15) is 0 Å². The summed E-state index contributed by atoms with van der Waals surface area (Å²) in [6.07, 6.45) is 1.57. The molecule has 0 aliphatic heterocycles. The first-order chi connectivity index (χ1) is 6.34. The SMILES string of the molecule is O=C(NCCCCO)c1ccsc1. The molecule has 0 fully saturated rings. The van der Waals surface area contributed by atoms with Crippen LogP contribution in [-0.4, -0.2) is 24.2 Å². The molecule has 0 atom stereocenters. The topological polar surface area (TPSA) is 49.3 Å². The number of amides is 1. The number of rotatable bonds is 5. The number of unbranched alkanes of at least 4 members (excludes halogenated alkanes) is 1. The Bertz CT molecular complexity index is 246. The summed E-state index contributed by atoms with van der Waals surface area (Å²) in [5.41, 5.74) is 0.717. The molecule has 1 rings (SSSR count). The number of nitrogens with one attached hydrogen (secondary N) is 1. The van der Waals surface area contributed by atoms with Gasteiger partial charge in [-0.2, -0.15) is 11.3 Å². The van der Waals surface area contributed by atoms with Crippen molar-refractivity contribution in [2.24, 2.45) is 0 Å². The van der Waals surface area contributed by atoms with E-state index >= 15 is 0 Å². The van der Waals surface area contributed by atoms with Crippen LogP contribution in [0.25, 0.3) is 0 Å². The fraction of sp³-hybridized carbons (Fsp3) is 0.444. The van der Waals surface area contributed by atoms with E-state index in [1.54, 1.807) is 6.07 Å². The zero-order chi connectivity index (χ0) is 9.52. The molecule has 0 aromatic carbocycles. The Morgan fingerprint density at radius 1 is 1.54 bits per heavy atom. The number of aliphatic hydroxyl groups excluding tert-OH is 1. The van der Waals surface area contributed by atoms with Crippen molar-refractivity contribution in [1.29, 1.82) is 0 Å². The van der Waals surface area contributed by atoms with Gasteiger partial charge in [0.05, 0.1) is 0 Å². The van der Waals surface area contributed by atoms with E-state index in [9.17, 15) is 4.79 Å². The summed E-state index contributed by atoms with van der Waals surface area (Å²) in [5.74, 6) is -0.0285. The van der Waals surface area contributed by atoms with E-state index in [1.807, 2.05) is 10.8 Å². The third kappa shape index (κ3) is 3.57. The van der Waals surface area contributed by atoms with Gasteiger partial charge in [-0.05, 0) is 24.3 Å². The number of thiophene rings is 1. The van der Waals surface area contributed by atoms with Crippen molar-refractivity contribution >= 4 is 17.2 Å². The fourth-order valence-electron chi connectivity index (χ4n) is 0.934. The van der Waals surface area contributed by atoms with Crippen LogP contribution in [0.2, 0.25) is 0 Å². The summed E-state index contributed by atoms with van der Waals surface area (Å²) in [7, 11) is 0. The van der Waals surface area contributed by atoms with E-state index in [0.29, 0.717) is 12.1 Å². The molecule has 0 bridgehead atoms. The maximum Gasteiger partial charge on any atom is 0.252 e. The molecule has 0 unspecified atom stereocenters. The summed E-state index contributed by atoms with van der Waals surface area (Å²) >= 11 is 1.51. The number of hydrogen-bond acceptors (Lipinski definition) is 3. The minimum Gasteiger partial charge on any atom is -0.396 e. The number of hydrogen-bond donors (Lipinski definition) is 2. The molecule has 0 spiro atoms. The van der Waals surface area contributed by atoms with E-state index in [2.05, 4.69) is 5.32 Å². The summed E-state index contributed by atoms with van der Waals surface area (Å²) in [4.78, 5) is 11.3. The van der Waals surface area contributed by atoms with Gasteiger partial charge in [-0.15, -0.1) is 0 Å². The Balaban J connectivity index is 2.19. The first-order valence-corrected chi connectivity index (χ1v) is 5.20. The van der Waals surface area contributed by atoms with Crippen LogP contribution < -0.4 is 5.32 Å². The molecular formula is C9H13NO2S. The molecule has 0 saturated carbocycles. The molecule has 3 nitrogen and oxygen atoms in total. The highest BCUT2D eigenvalue weighted by molar-refractivity contribution is 7.08. The van der Waals surface area contributed by atoms with Crippen molar-refractivity contribution < 1.29 is 9.90 Å². The smallest absolute Gasteiger partial charge is 0.252 e. The van der Waals surface area contributed by atoms with Crippen LogP contribution in [0.1, 0.15) is 23.2 Å². The zero-order valence-electron chi connectivity index (χ0n) is 7.32. The number of aliphatic hydroxyl groups is 1. The molecule has 1 amide bonds. The van der Waals surface area contributed by atoms with Gasteiger partial charge in [0.25, 0.3) is 5.91 Å². The molecule has 0 aliphatic rings. The van der Waals surface area contributed by atoms with Gasteiger partial charge in [0.15, 0.2) is 0 Å². The monoisotopic (exact) mass is 199 g/mol. The van der Waals surface area contributed by atoms with Crippen molar-refractivity contribution in [3.8, 4) is 0 Å². The predicted octanol–water partition coefficient (Wildman–Crippen LogP) is 1.25. The Hall–Kier alpha value is -0.870. The highest BCUT2D eigenvalue weighted by atomic mass is 32.1. The van der Waals surface area contributed by atoms with Crippen LogP contribution in [0.15, 0.2) is 16.8 Å². The van der Waals surface area contributed by atoms with Gasteiger partial charge < -0.3 is 10.4 Å². The van der Waals surface area contributed by atoms with Crippen LogP contribution >= 0.6 is 11.3 Å². The Kier molecular flexibility index (Phi) is 4.49. The number of carbonyl (C=O) groups is 1. The van der Waals surface area contributed by atoms with Crippen LogP contribution in [0, 0.1) is 0 Å². The lowest BCUT2D eigenvalue weighted by Crippen LogP contribution is -2.23. The van der Waals surface area contributed by atoms with Crippen molar-refractivity contribution in [2.45, 2.75) is 12.8 Å². The first kappa shape index (κ1) is 10.2. The molecule has 1 aromatic rings. The van der Waals surface area contributed by atoms with E-state index in [0.717, 1.165) is 12.8 Å². The second-order valence-electron chi connectivity index (χ2n) is 2.70. The third-order valence-electron chi connectivity index (χ3n) is 1.65. The average Bonchev–Trinajstić information content (AvgIpc) is 2.65. The second-order valence-corrected chi connectivity index (χ2v) is 3.48. The lowest BCUT2D eigenvalue weighted by molar-refractivity contribution is 0.0952. The first-order valence-electron chi connectivity index (χ1n) is 4.26. The highest BCUT2D eigenvalue weighted by Crippen LogP contribution is 2.05. The van der Waals surface area contributed by atoms with Gasteiger partial charge in [0, 0.05) is 24.1 Å². The summed E-state index contributed by atoms with van der Waals surface area (Å²) in [6, 6.07) is 1.80. The fourth-order valence-corrected chi connectivity index (χ4v) is 1.57. The van der Waals surface area contributed by atoms with Crippen LogP contribution in [-0.2, 0) is 0 Å². The summed E-state index contributed by atoms with van der Waals surface area (Å²) in [5, 5.41) is 15.0. The minimum absolute atomic E-state index is 0.0285. The van der Waals surface area contributed by atoms with Crippen LogP contribution in [0.4, 0.5) is 0 Å². The van der Waals surface area contributed by atoms with Gasteiger partial charge in [-0.1, -0.05) is 0 Å². The van der Waals surface area contributed by atoms with E-state index < -0.39 is 0 Å². The summed E-state index contributed by atoms with van der Waals surface area (Å²) < 4.78 is 0. The molecule has 0 aliphatic carbocycles. The van der Waals surface area contributed by atoms with E-state index in [4.69, 9.17) is 5.11 Å². The lowest BCUT2D eigenvalue weighted by atomic mass is 10.3. The van der Waals surface area contributed by atoms with Gasteiger partial charge in [-0.25, -0.2) is 0 Å². The van der Waals surface area contributed by atoms with Gasteiger partial charge >= 0.3 is 0 Å². The minimum atomic E-state index is -0.0285. The quantitative estimate of drug-likeness (QED) is 0.701. The Morgan fingerprint density at radius 3 is 3.00 bits per heavy atom. The molecule has 1 heterocycles. The Labute approximate surface area is 81.4 Å². The highest BCUT2D eigenvalue weighted by Gasteiger charge is 2.03.